The average molecular weight is 265 g/mol. The van der Waals surface area contributed by atoms with E-state index in [0.29, 0.717) is 18.7 Å². The van der Waals surface area contributed by atoms with Gasteiger partial charge >= 0.3 is 0 Å². The molecule has 0 aliphatic carbocycles. The highest BCUT2D eigenvalue weighted by Crippen LogP contribution is 2.30. The number of nitrogens with zero attached hydrogens (tertiary/aromatic N) is 1. The largest absolute Gasteiger partial charge is 0.338 e. The van der Waals surface area contributed by atoms with Crippen molar-refractivity contribution in [1.82, 2.24) is 4.90 Å². The highest BCUT2D eigenvalue weighted by molar-refractivity contribution is 5.99. The predicted octanol–water partition coefficient (Wildman–Crippen LogP) is 2.37. The lowest BCUT2D eigenvalue weighted by atomic mass is 9.84. The van der Waals surface area contributed by atoms with Crippen molar-refractivity contribution < 1.29 is 9.18 Å². The van der Waals surface area contributed by atoms with Crippen molar-refractivity contribution in [3.05, 3.63) is 29.6 Å². The van der Waals surface area contributed by atoms with E-state index in [2.05, 4.69) is 19.3 Å². The second-order valence-electron chi connectivity index (χ2n) is 5.80. The van der Waals surface area contributed by atoms with Crippen LogP contribution in [0, 0.1) is 11.2 Å². The Labute approximate surface area is 112 Å². The number of benzene rings is 1. The van der Waals surface area contributed by atoms with Crippen LogP contribution in [-0.4, -0.2) is 23.9 Å². The number of likely N-dealkylation sites (tertiary alicyclic amines) is 1. The van der Waals surface area contributed by atoms with Gasteiger partial charge in [0.25, 0.3) is 5.91 Å². The molecule has 1 aliphatic heterocycles. The Hall–Kier alpha value is -1.62. The maximum atomic E-state index is 13.6. The monoisotopic (exact) mass is 265 g/mol. The van der Waals surface area contributed by atoms with Crippen LogP contribution in [0.4, 0.5) is 10.1 Å². The molecule has 1 heterocycles. The summed E-state index contributed by atoms with van der Waals surface area (Å²) >= 11 is 0. The first-order valence-electron chi connectivity index (χ1n) is 6.49. The Morgan fingerprint density at radius 3 is 2.84 bits per heavy atom. The summed E-state index contributed by atoms with van der Waals surface area (Å²) in [5.41, 5.74) is 2.75. The molecule has 1 fully saturated rings. The van der Waals surface area contributed by atoms with Gasteiger partial charge in [0.2, 0.25) is 0 Å². The zero-order valence-electron chi connectivity index (χ0n) is 11.4. The van der Waals surface area contributed by atoms with Crippen molar-refractivity contribution in [2.24, 2.45) is 11.3 Å². The molecule has 104 valence electrons. The van der Waals surface area contributed by atoms with Gasteiger partial charge in [-0.15, -0.1) is 0 Å². The van der Waals surface area contributed by atoms with Crippen LogP contribution in [0.1, 0.15) is 37.0 Å². The van der Waals surface area contributed by atoms with Gasteiger partial charge in [-0.25, -0.2) is 4.39 Å². The number of carbonyl (C=O) groups is 1. The van der Waals surface area contributed by atoms with Gasteiger partial charge in [-0.05, 0) is 30.4 Å². The lowest BCUT2D eigenvalue weighted by molar-refractivity contribution is 0.0584. The highest BCUT2D eigenvalue weighted by Gasteiger charge is 2.30. The Morgan fingerprint density at radius 2 is 2.21 bits per heavy atom. The first kappa shape index (κ1) is 13.8. The van der Waals surface area contributed by atoms with E-state index in [1.54, 1.807) is 11.0 Å². The van der Waals surface area contributed by atoms with E-state index in [1.165, 1.54) is 12.1 Å². The van der Waals surface area contributed by atoms with Crippen molar-refractivity contribution in [2.45, 2.75) is 26.7 Å². The number of nitrogen functional groups attached to an aromatic ring is 1. The summed E-state index contributed by atoms with van der Waals surface area (Å²) in [5.74, 6) is 4.64. The molecule has 5 heteroatoms. The molecule has 1 aromatic rings. The second kappa shape index (κ2) is 5.17. The lowest BCUT2D eigenvalue weighted by Crippen LogP contribution is -2.43. The molecule has 4 nitrogen and oxygen atoms in total. The van der Waals surface area contributed by atoms with Gasteiger partial charge in [-0.3, -0.25) is 10.6 Å². The standard InChI is InChI=1S/C14H20FN3O/c1-14(2)7-4-8-18(9-14)13(19)10-5-3-6-11(15)12(10)17-16/h3,5-6,17H,4,7-9,16H2,1-2H3. The van der Waals surface area contributed by atoms with Crippen molar-refractivity contribution >= 4 is 11.6 Å². The SMILES string of the molecule is CC1(C)CCCN(C(=O)c2cccc(F)c2NN)C1. The smallest absolute Gasteiger partial charge is 0.256 e. The van der Waals surface area contributed by atoms with Crippen LogP contribution in [0.25, 0.3) is 0 Å². The number of amides is 1. The Kier molecular flexibility index (Phi) is 3.75. The summed E-state index contributed by atoms with van der Waals surface area (Å²) in [4.78, 5) is 14.3. The predicted molar refractivity (Wildman–Crippen MR) is 73.1 cm³/mol. The molecule has 3 N–H and O–H groups in total. The fourth-order valence-corrected chi connectivity index (χ4v) is 2.62. The number of hydrazine groups is 1. The fourth-order valence-electron chi connectivity index (χ4n) is 2.62. The van der Waals surface area contributed by atoms with Crippen molar-refractivity contribution in [3.8, 4) is 0 Å². The number of para-hydroxylation sites is 1. The topological polar surface area (TPSA) is 58.4 Å². The Morgan fingerprint density at radius 1 is 1.47 bits per heavy atom. The van der Waals surface area contributed by atoms with Gasteiger partial charge in [0.15, 0.2) is 0 Å². The number of rotatable bonds is 2. The van der Waals surface area contributed by atoms with E-state index < -0.39 is 5.82 Å². The maximum Gasteiger partial charge on any atom is 0.256 e. The van der Waals surface area contributed by atoms with Crippen LogP contribution in [-0.2, 0) is 0 Å². The number of nitrogens with two attached hydrogens (primary N) is 1. The fraction of sp³-hybridized carbons (Fsp3) is 0.500. The normalized spacial score (nSPS) is 18.2. The Bertz CT molecular complexity index is 488. The van der Waals surface area contributed by atoms with Gasteiger partial charge < -0.3 is 10.3 Å². The molecule has 0 spiro atoms. The van der Waals surface area contributed by atoms with E-state index in [-0.39, 0.29) is 17.0 Å². The lowest BCUT2D eigenvalue weighted by Gasteiger charge is -2.38. The quantitative estimate of drug-likeness (QED) is 0.637. The summed E-state index contributed by atoms with van der Waals surface area (Å²) in [6, 6.07) is 4.41. The second-order valence-corrected chi connectivity index (χ2v) is 5.80. The minimum absolute atomic E-state index is 0.0656. The van der Waals surface area contributed by atoms with Gasteiger partial charge in [-0.1, -0.05) is 19.9 Å². The molecule has 0 saturated carbocycles. The van der Waals surface area contributed by atoms with E-state index in [1.807, 2.05) is 0 Å². The molecule has 1 saturated heterocycles. The van der Waals surface area contributed by atoms with Crippen LogP contribution in [0.3, 0.4) is 0 Å². The number of carbonyl (C=O) groups excluding carboxylic acids is 1. The molecule has 19 heavy (non-hydrogen) atoms. The van der Waals surface area contributed by atoms with Crippen LogP contribution in [0.2, 0.25) is 0 Å². The molecule has 1 aromatic carbocycles. The first-order chi connectivity index (χ1) is 8.94. The van der Waals surface area contributed by atoms with Crippen molar-refractivity contribution in [1.29, 1.82) is 0 Å². The minimum Gasteiger partial charge on any atom is -0.338 e. The molecular formula is C14H20FN3O. The number of piperidine rings is 1. The van der Waals surface area contributed by atoms with Crippen LogP contribution < -0.4 is 11.3 Å². The third-order valence-electron chi connectivity index (χ3n) is 3.58. The molecule has 0 atom stereocenters. The Balaban J connectivity index is 2.27. The molecular weight excluding hydrogens is 245 g/mol. The zero-order chi connectivity index (χ0) is 14.0. The third kappa shape index (κ3) is 2.87. The van der Waals surface area contributed by atoms with E-state index in [0.717, 1.165) is 12.8 Å². The molecule has 0 unspecified atom stereocenters. The van der Waals surface area contributed by atoms with Gasteiger partial charge in [-0.2, -0.15) is 0 Å². The summed E-state index contributed by atoms with van der Waals surface area (Å²) in [5, 5.41) is 0. The van der Waals surface area contributed by atoms with E-state index in [9.17, 15) is 9.18 Å². The van der Waals surface area contributed by atoms with Crippen molar-refractivity contribution in [2.75, 3.05) is 18.5 Å². The van der Waals surface area contributed by atoms with Gasteiger partial charge in [0.05, 0.1) is 11.3 Å². The number of nitrogens with one attached hydrogen (secondary N) is 1. The first-order valence-corrected chi connectivity index (χ1v) is 6.49. The zero-order valence-corrected chi connectivity index (χ0v) is 11.4. The third-order valence-corrected chi connectivity index (χ3v) is 3.58. The van der Waals surface area contributed by atoms with Gasteiger partial charge in [0, 0.05) is 13.1 Å². The van der Waals surface area contributed by atoms with Crippen LogP contribution >= 0.6 is 0 Å². The number of hydrogen-bond donors (Lipinski definition) is 2. The van der Waals surface area contributed by atoms with Crippen LogP contribution in [0.5, 0.6) is 0 Å². The molecule has 0 radical (unpaired) electrons. The summed E-state index contributed by atoms with van der Waals surface area (Å²) in [6.45, 7) is 5.68. The average Bonchev–Trinajstić information content (AvgIpc) is 2.36. The summed E-state index contributed by atoms with van der Waals surface area (Å²) < 4.78 is 13.6. The number of hydrogen-bond acceptors (Lipinski definition) is 3. The number of halogens is 1. The molecule has 1 amide bonds. The van der Waals surface area contributed by atoms with E-state index >= 15 is 0 Å². The molecule has 0 bridgehead atoms. The molecule has 1 aliphatic rings. The van der Waals surface area contributed by atoms with Gasteiger partial charge in [0.1, 0.15) is 5.82 Å². The molecule has 0 aromatic heterocycles. The summed E-state index contributed by atoms with van der Waals surface area (Å²) in [7, 11) is 0. The van der Waals surface area contributed by atoms with Crippen LogP contribution in [0.15, 0.2) is 18.2 Å². The van der Waals surface area contributed by atoms with E-state index in [4.69, 9.17) is 5.84 Å². The summed E-state index contributed by atoms with van der Waals surface area (Å²) in [6.07, 6.45) is 2.07. The molecule has 2 rings (SSSR count). The van der Waals surface area contributed by atoms with Crippen molar-refractivity contribution in [3.63, 3.8) is 0 Å². The maximum absolute atomic E-state index is 13.6. The highest BCUT2D eigenvalue weighted by atomic mass is 19.1. The number of anilines is 1. The minimum atomic E-state index is -0.510.